The van der Waals surface area contributed by atoms with E-state index in [-0.39, 0.29) is 18.3 Å². The van der Waals surface area contributed by atoms with Gasteiger partial charge in [-0.25, -0.2) is 4.39 Å². The fourth-order valence-electron chi connectivity index (χ4n) is 3.46. The van der Waals surface area contributed by atoms with Crippen LogP contribution in [0.4, 0.5) is 4.39 Å². The zero-order valence-electron chi connectivity index (χ0n) is 15.9. The third-order valence-corrected chi connectivity index (χ3v) is 5.40. The van der Waals surface area contributed by atoms with Gasteiger partial charge in [-0.2, -0.15) is 0 Å². The van der Waals surface area contributed by atoms with Crippen molar-refractivity contribution in [3.8, 4) is 5.75 Å². The van der Waals surface area contributed by atoms with Gasteiger partial charge in [0.05, 0.1) is 5.02 Å². The predicted molar refractivity (Wildman–Crippen MR) is 111 cm³/mol. The first-order valence-electron chi connectivity index (χ1n) is 9.51. The van der Waals surface area contributed by atoms with Crippen LogP contribution in [-0.2, 0) is 11.3 Å². The molecule has 0 radical (unpaired) electrons. The van der Waals surface area contributed by atoms with Crippen molar-refractivity contribution in [2.75, 3.05) is 32.8 Å². The lowest BCUT2D eigenvalue weighted by Gasteiger charge is -2.34. The molecule has 1 fully saturated rings. The van der Waals surface area contributed by atoms with Crippen LogP contribution in [0.2, 0.25) is 5.02 Å². The molecule has 0 atom stereocenters. The summed E-state index contributed by atoms with van der Waals surface area (Å²) in [5, 5.41) is 1.40. The highest BCUT2D eigenvalue weighted by molar-refractivity contribution is 6.35. The first-order chi connectivity index (χ1) is 14.1. The molecular formula is C22H21ClFN3O2. The highest BCUT2D eigenvalue weighted by atomic mass is 35.5. The molecule has 2 aromatic carbocycles. The van der Waals surface area contributed by atoms with Gasteiger partial charge in [0.25, 0.3) is 5.91 Å². The van der Waals surface area contributed by atoms with Crippen LogP contribution in [0.25, 0.3) is 10.9 Å². The van der Waals surface area contributed by atoms with Crippen LogP contribution in [0, 0.1) is 5.82 Å². The van der Waals surface area contributed by atoms with Gasteiger partial charge in [0, 0.05) is 44.3 Å². The maximum absolute atomic E-state index is 13.0. The van der Waals surface area contributed by atoms with Crippen LogP contribution in [0.3, 0.4) is 0 Å². The molecule has 4 rings (SSSR count). The zero-order chi connectivity index (χ0) is 20.2. The van der Waals surface area contributed by atoms with Gasteiger partial charge in [-0.3, -0.25) is 14.7 Å². The molecule has 1 aliphatic heterocycles. The van der Waals surface area contributed by atoms with Crippen molar-refractivity contribution >= 4 is 28.4 Å². The molecule has 0 unspecified atom stereocenters. The monoisotopic (exact) mass is 413 g/mol. The first kappa shape index (κ1) is 19.6. The van der Waals surface area contributed by atoms with E-state index in [0.717, 1.165) is 30.6 Å². The number of nitrogens with zero attached hydrogens (tertiary/aromatic N) is 3. The summed E-state index contributed by atoms with van der Waals surface area (Å²) in [4.78, 5) is 21.0. The lowest BCUT2D eigenvalue weighted by molar-refractivity contribution is -0.135. The van der Waals surface area contributed by atoms with Crippen molar-refractivity contribution in [1.82, 2.24) is 14.8 Å². The van der Waals surface area contributed by atoms with Gasteiger partial charge >= 0.3 is 0 Å². The number of amides is 1. The Bertz CT molecular complexity index is 1000. The molecule has 0 bridgehead atoms. The summed E-state index contributed by atoms with van der Waals surface area (Å²) >= 11 is 6.20. The Morgan fingerprint density at radius 3 is 2.59 bits per heavy atom. The number of benzene rings is 2. The summed E-state index contributed by atoms with van der Waals surface area (Å²) in [6.07, 6.45) is 1.67. The lowest BCUT2D eigenvalue weighted by atomic mass is 10.2. The molecule has 0 spiro atoms. The Balaban J connectivity index is 1.30. The van der Waals surface area contributed by atoms with Crippen LogP contribution in [0.5, 0.6) is 5.75 Å². The second kappa shape index (κ2) is 8.76. The molecule has 150 valence electrons. The number of carbonyl (C=O) groups is 1. The highest BCUT2D eigenvalue weighted by Gasteiger charge is 2.22. The van der Waals surface area contributed by atoms with Crippen LogP contribution >= 0.6 is 11.6 Å². The maximum Gasteiger partial charge on any atom is 0.260 e. The van der Waals surface area contributed by atoms with Crippen molar-refractivity contribution in [3.05, 3.63) is 71.1 Å². The topological polar surface area (TPSA) is 45.7 Å². The Morgan fingerprint density at radius 1 is 1.07 bits per heavy atom. The summed E-state index contributed by atoms with van der Waals surface area (Å²) < 4.78 is 18.8. The van der Waals surface area contributed by atoms with E-state index in [0.29, 0.717) is 29.4 Å². The van der Waals surface area contributed by atoms with E-state index in [4.69, 9.17) is 16.3 Å². The SMILES string of the molecule is O=C(COc1ccc(Cl)c2cccnc12)N1CCN(Cc2ccc(F)cc2)CC1. The minimum Gasteiger partial charge on any atom is -0.481 e. The maximum atomic E-state index is 13.0. The summed E-state index contributed by atoms with van der Waals surface area (Å²) in [7, 11) is 0. The Labute approximate surface area is 173 Å². The number of hydrogen-bond donors (Lipinski definition) is 0. The third kappa shape index (κ3) is 4.66. The molecule has 1 saturated heterocycles. The number of piperazine rings is 1. The largest absolute Gasteiger partial charge is 0.481 e. The summed E-state index contributed by atoms with van der Waals surface area (Å²) in [6.45, 7) is 3.54. The number of halogens is 2. The first-order valence-corrected chi connectivity index (χ1v) is 9.88. The summed E-state index contributed by atoms with van der Waals surface area (Å²) in [5.74, 6) is 0.270. The molecule has 0 aliphatic carbocycles. The molecule has 2 heterocycles. The number of hydrogen-bond acceptors (Lipinski definition) is 4. The van der Waals surface area contributed by atoms with Gasteiger partial charge in [-0.15, -0.1) is 0 Å². The number of aromatic nitrogens is 1. The fourth-order valence-corrected chi connectivity index (χ4v) is 3.68. The minimum absolute atomic E-state index is 0.0364. The number of carbonyl (C=O) groups excluding carboxylic acids is 1. The number of rotatable bonds is 5. The second-order valence-electron chi connectivity index (χ2n) is 7.02. The van der Waals surface area contributed by atoms with Crippen molar-refractivity contribution in [2.24, 2.45) is 0 Å². The smallest absolute Gasteiger partial charge is 0.260 e. The molecule has 29 heavy (non-hydrogen) atoms. The van der Waals surface area contributed by atoms with Crippen molar-refractivity contribution in [3.63, 3.8) is 0 Å². The van der Waals surface area contributed by atoms with Crippen LogP contribution in [0.1, 0.15) is 5.56 Å². The molecule has 0 saturated carbocycles. The molecular weight excluding hydrogens is 393 g/mol. The van der Waals surface area contributed by atoms with Gasteiger partial charge in [-0.1, -0.05) is 23.7 Å². The number of ether oxygens (including phenoxy) is 1. The van der Waals surface area contributed by atoms with E-state index in [1.54, 1.807) is 30.5 Å². The average Bonchev–Trinajstić information content (AvgIpc) is 2.75. The van der Waals surface area contributed by atoms with Gasteiger partial charge in [0.2, 0.25) is 0 Å². The quantitative estimate of drug-likeness (QED) is 0.639. The molecule has 7 heteroatoms. The van der Waals surface area contributed by atoms with Crippen molar-refractivity contribution in [1.29, 1.82) is 0 Å². The van der Waals surface area contributed by atoms with E-state index in [2.05, 4.69) is 9.88 Å². The van der Waals surface area contributed by atoms with Crippen LogP contribution in [0.15, 0.2) is 54.7 Å². The van der Waals surface area contributed by atoms with Crippen LogP contribution < -0.4 is 4.74 Å². The van der Waals surface area contributed by atoms with E-state index < -0.39 is 0 Å². The Kier molecular flexibility index (Phi) is 5.92. The van der Waals surface area contributed by atoms with E-state index >= 15 is 0 Å². The van der Waals surface area contributed by atoms with Crippen LogP contribution in [-0.4, -0.2) is 53.5 Å². The average molecular weight is 414 g/mol. The molecule has 5 nitrogen and oxygen atoms in total. The Morgan fingerprint density at radius 2 is 1.83 bits per heavy atom. The Hall–Kier alpha value is -2.70. The van der Waals surface area contributed by atoms with E-state index in [1.807, 2.05) is 17.0 Å². The molecule has 3 aromatic rings. The molecule has 1 aliphatic rings. The van der Waals surface area contributed by atoms with Gasteiger partial charge in [-0.05, 0) is 42.0 Å². The predicted octanol–water partition coefficient (Wildman–Crippen LogP) is 3.75. The normalized spacial score (nSPS) is 14.9. The molecule has 1 amide bonds. The molecule has 0 N–H and O–H groups in total. The van der Waals surface area contributed by atoms with Crippen molar-refractivity contribution < 1.29 is 13.9 Å². The minimum atomic E-state index is -0.229. The third-order valence-electron chi connectivity index (χ3n) is 5.08. The summed E-state index contributed by atoms with van der Waals surface area (Å²) in [5.41, 5.74) is 1.72. The van der Waals surface area contributed by atoms with Crippen molar-refractivity contribution in [2.45, 2.75) is 6.54 Å². The highest BCUT2D eigenvalue weighted by Crippen LogP contribution is 2.29. The van der Waals surface area contributed by atoms with E-state index in [1.165, 1.54) is 12.1 Å². The second-order valence-corrected chi connectivity index (χ2v) is 7.42. The van der Waals surface area contributed by atoms with Gasteiger partial charge < -0.3 is 9.64 Å². The summed E-state index contributed by atoms with van der Waals surface area (Å²) in [6, 6.07) is 13.7. The number of pyridine rings is 1. The zero-order valence-corrected chi connectivity index (χ0v) is 16.6. The van der Waals surface area contributed by atoms with Gasteiger partial charge in [0.15, 0.2) is 6.61 Å². The standard InChI is InChI=1S/C22H21ClFN3O2/c23-19-7-8-20(22-18(19)2-1-9-25-22)29-15-21(28)27-12-10-26(11-13-27)14-16-3-5-17(24)6-4-16/h1-9H,10-15H2. The lowest BCUT2D eigenvalue weighted by Crippen LogP contribution is -2.49. The van der Waals surface area contributed by atoms with Gasteiger partial charge in [0.1, 0.15) is 17.1 Å². The molecule has 1 aromatic heterocycles. The fraction of sp³-hybridized carbons (Fsp3) is 0.273. The van der Waals surface area contributed by atoms with E-state index in [9.17, 15) is 9.18 Å². The number of fused-ring (bicyclic) bond motifs is 1.